The molecule has 0 radical (unpaired) electrons. The molecule has 0 heterocycles. The lowest BCUT2D eigenvalue weighted by molar-refractivity contribution is -0.121. The molecule has 0 aliphatic carbocycles. The molecule has 4 heteroatoms. The van der Waals surface area contributed by atoms with Crippen molar-refractivity contribution in [1.29, 1.82) is 0 Å². The van der Waals surface area contributed by atoms with Crippen molar-refractivity contribution in [2.24, 2.45) is 0 Å². The summed E-state index contributed by atoms with van der Waals surface area (Å²) in [6.45, 7) is 1.51. The maximum Gasteiger partial charge on any atom is 0.225 e. The number of amides is 1. The van der Waals surface area contributed by atoms with Gasteiger partial charge in [0.2, 0.25) is 5.91 Å². The Kier molecular flexibility index (Phi) is 6.80. The first-order valence-electron chi connectivity index (χ1n) is 9.63. The van der Waals surface area contributed by atoms with E-state index in [-0.39, 0.29) is 24.2 Å². The van der Waals surface area contributed by atoms with Gasteiger partial charge in [-0.2, -0.15) is 0 Å². The summed E-state index contributed by atoms with van der Waals surface area (Å²) in [5.41, 5.74) is 3.47. The Balaban J connectivity index is 1.80. The Morgan fingerprint density at radius 3 is 2.21 bits per heavy atom. The summed E-state index contributed by atoms with van der Waals surface area (Å²) in [5, 5.41) is 3.15. The molecule has 0 aliphatic heterocycles. The molecule has 0 fully saturated rings. The molecule has 0 saturated carbocycles. The lowest BCUT2D eigenvalue weighted by Gasteiger charge is -2.20. The van der Waals surface area contributed by atoms with Gasteiger partial charge in [0.1, 0.15) is 5.75 Å². The van der Waals surface area contributed by atoms with E-state index in [9.17, 15) is 9.59 Å². The van der Waals surface area contributed by atoms with E-state index in [2.05, 4.69) is 17.4 Å². The topological polar surface area (TPSA) is 55.4 Å². The summed E-state index contributed by atoms with van der Waals surface area (Å²) in [7, 11) is 1.56. The van der Waals surface area contributed by atoms with E-state index in [4.69, 9.17) is 4.74 Å². The maximum absolute atomic E-state index is 12.9. The van der Waals surface area contributed by atoms with Gasteiger partial charge in [-0.3, -0.25) is 9.59 Å². The molecule has 148 valence electrons. The number of ether oxygens (including phenoxy) is 1. The first-order valence-corrected chi connectivity index (χ1v) is 9.63. The van der Waals surface area contributed by atoms with Crippen LogP contribution in [0.3, 0.4) is 0 Å². The molecule has 29 heavy (non-hydrogen) atoms. The second kappa shape index (κ2) is 9.69. The number of hydrogen-bond acceptors (Lipinski definition) is 3. The number of Topliss-reactive ketones (excluding diaryl/α,β-unsaturated/α-hetero) is 1. The second-order valence-corrected chi connectivity index (χ2v) is 6.98. The highest BCUT2D eigenvalue weighted by atomic mass is 16.5. The van der Waals surface area contributed by atoms with Gasteiger partial charge < -0.3 is 10.1 Å². The van der Waals surface area contributed by atoms with Gasteiger partial charge in [-0.15, -0.1) is 0 Å². The van der Waals surface area contributed by atoms with Gasteiger partial charge >= 0.3 is 0 Å². The summed E-state index contributed by atoms with van der Waals surface area (Å²) >= 11 is 0. The molecule has 0 aliphatic rings. The van der Waals surface area contributed by atoms with Crippen LogP contribution in [0.15, 0.2) is 78.9 Å². The van der Waals surface area contributed by atoms with Crippen LogP contribution in [0.1, 0.15) is 40.0 Å². The minimum atomic E-state index is -0.145. The zero-order valence-corrected chi connectivity index (χ0v) is 16.7. The molecule has 0 spiro atoms. The SMILES string of the molecule is COc1ccc(C(C)=O)cc1CC(=O)NC(Cc1ccccc1)c1ccccc1. The first-order chi connectivity index (χ1) is 14.1. The van der Waals surface area contributed by atoms with Crippen LogP contribution in [0.4, 0.5) is 0 Å². The number of methoxy groups -OCH3 is 1. The fourth-order valence-corrected chi connectivity index (χ4v) is 3.34. The van der Waals surface area contributed by atoms with Crippen molar-refractivity contribution in [2.45, 2.75) is 25.8 Å². The monoisotopic (exact) mass is 387 g/mol. The molecule has 4 nitrogen and oxygen atoms in total. The van der Waals surface area contributed by atoms with Crippen molar-refractivity contribution in [3.63, 3.8) is 0 Å². The maximum atomic E-state index is 12.9. The zero-order chi connectivity index (χ0) is 20.6. The van der Waals surface area contributed by atoms with Crippen LogP contribution in [0.2, 0.25) is 0 Å². The van der Waals surface area contributed by atoms with Crippen LogP contribution < -0.4 is 10.1 Å². The smallest absolute Gasteiger partial charge is 0.225 e. The van der Waals surface area contributed by atoms with Gasteiger partial charge in [0, 0.05) is 11.1 Å². The van der Waals surface area contributed by atoms with E-state index in [0.717, 1.165) is 11.1 Å². The van der Waals surface area contributed by atoms with Crippen LogP contribution in [0, 0.1) is 0 Å². The van der Waals surface area contributed by atoms with E-state index in [0.29, 0.717) is 23.3 Å². The molecule has 0 bridgehead atoms. The van der Waals surface area contributed by atoms with Gasteiger partial charge in [0.15, 0.2) is 5.78 Å². The zero-order valence-electron chi connectivity index (χ0n) is 16.7. The van der Waals surface area contributed by atoms with Gasteiger partial charge in [-0.25, -0.2) is 0 Å². The predicted molar refractivity (Wildman–Crippen MR) is 114 cm³/mol. The van der Waals surface area contributed by atoms with Gasteiger partial charge in [-0.1, -0.05) is 60.7 Å². The van der Waals surface area contributed by atoms with Crippen LogP contribution >= 0.6 is 0 Å². The average molecular weight is 387 g/mol. The molecule has 0 saturated heterocycles. The first kappa shape index (κ1) is 20.3. The normalized spacial score (nSPS) is 11.5. The molecule has 1 atom stereocenters. The van der Waals surface area contributed by atoms with Crippen molar-refractivity contribution < 1.29 is 14.3 Å². The summed E-state index contributed by atoms with van der Waals surface area (Å²) in [6, 6.07) is 25.1. The fraction of sp³-hybridized carbons (Fsp3) is 0.200. The average Bonchev–Trinajstić information content (AvgIpc) is 2.74. The van der Waals surface area contributed by atoms with Crippen molar-refractivity contribution in [1.82, 2.24) is 5.32 Å². The van der Waals surface area contributed by atoms with E-state index in [1.165, 1.54) is 6.92 Å². The number of carbonyl (C=O) groups is 2. The lowest BCUT2D eigenvalue weighted by Crippen LogP contribution is -2.31. The minimum Gasteiger partial charge on any atom is -0.496 e. The van der Waals surface area contributed by atoms with Crippen molar-refractivity contribution in [3.05, 3.63) is 101 Å². The molecule has 3 aromatic carbocycles. The molecular weight excluding hydrogens is 362 g/mol. The van der Waals surface area contributed by atoms with Gasteiger partial charge in [0.05, 0.1) is 19.6 Å². The van der Waals surface area contributed by atoms with Crippen LogP contribution in [0.5, 0.6) is 5.75 Å². The highest BCUT2D eigenvalue weighted by Gasteiger charge is 2.17. The van der Waals surface area contributed by atoms with E-state index in [1.54, 1.807) is 25.3 Å². The quantitative estimate of drug-likeness (QED) is 0.577. The Bertz CT molecular complexity index is 968. The predicted octanol–water partition coefficient (Wildman–Crippen LogP) is 4.54. The third kappa shape index (κ3) is 5.55. The highest BCUT2D eigenvalue weighted by Crippen LogP contribution is 2.22. The number of nitrogens with one attached hydrogen (secondary N) is 1. The van der Waals surface area contributed by atoms with Crippen molar-refractivity contribution in [2.75, 3.05) is 7.11 Å². The Morgan fingerprint density at radius 1 is 0.931 bits per heavy atom. The van der Waals surface area contributed by atoms with E-state index >= 15 is 0 Å². The van der Waals surface area contributed by atoms with Gasteiger partial charge in [0.25, 0.3) is 0 Å². The summed E-state index contributed by atoms with van der Waals surface area (Å²) < 4.78 is 5.37. The van der Waals surface area contributed by atoms with E-state index < -0.39 is 0 Å². The van der Waals surface area contributed by atoms with Gasteiger partial charge in [-0.05, 0) is 42.7 Å². The third-order valence-corrected chi connectivity index (χ3v) is 4.86. The molecule has 3 aromatic rings. The summed E-state index contributed by atoms with van der Waals surface area (Å²) in [4.78, 5) is 24.6. The summed E-state index contributed by atoms with van der Waals surface area (Å²) in [6.07, 6.45) is 0.837. The molecular formula is C25H25NO3. The number of benzene rings is 3. The molecule has 3 rings (SSSR count). The molecule has 1 amide bonds. The fourth-order valence-electron chi connectivity index (χ4n) is 3.34. The van der Waals surface area contributed by atoms with Crippen LogP contribution in [-0.4, -0.2) is 18.8 Å². The molecule has 1 N–H and O–H groups in total. The van der Waals surface area contributed by atoms with Crippen LogP contribution in [0.25, 0.3) is 0 Å². The largest absolute Gasteiger partial charge is 0.496 e. The standard InChI is InChI=1S/C25H25NO3/c1-18(27)21-13-14-24(29-2)22(16-21)17-25(28)26-23(20-11-7-4-8-12-20)15-19-9-5-3-6-10-19/h3-14,16,23H,15,17H2,1-2H3,(H,26,28). The van der Waals surface area contributed by atoms with Crippen molar-refractivity contribution >= 4 is 11.7 Å². The van der Waals surface area contributed by atoms with Crippen LogP contribution in [-0.2, 0) is 17.6 Å². The summed E-state index contributed by atoms with van der Waals surface area (Å²) in [5.74, 6) is 0.443. The lowest BCUT2D eigenvalue weighted by atomic mass is 9.98. The number of hydrogen-bond donors (Lipinski definition) is 1. The number of rotatable bonds is 8. The third-order valence-electron chi connectivity index (χ3n) is 4.86. The highest BCUT2D eigenvalue weighted by molar-refractivity contribution is 5.94. The minimum absolute atomic E-state index is 0.0412. The Morgan fingerprint density at radius 2 is 1.59 bits per heavy atom. The number of ketones is 1. The number of carbonyl (C=O) groups excluding carboxylic acids is 2. The Hall–Kier alpha value is -3.40. The molecule has 1 unspecified atom stereocenters. The molecule has 0 aromatic heterocycles. The second-order valence-electron chi connectivity index (χ2n) is 6.98. The van der Waals surface area contributed by atoms with E-state index in [1.807, 2.05) is 48.5 Å². The van der Waals surface area contributed by atoms with Crippen molar-refractivity contribution in [3.8, 4) is 5.75 Å². The Labute approximate surface area is 171 Å².